The molecule has 4 rings (SSSR count). The van der Waals surface area contributed by atoms with Crippen LogP contribution in [0.25, 0.3) is 11.0 Å². The van der Waals surface area contributed by atoms with E-state index in [4.69, 9.17) is 9.72 Å². The van der Waals surface area contributed by atoms with Crippen molar-refractivity contribution in [2.24, 2.45) is 0 Å². The number of aryl methyl sites for hydroxylation is 1. The molecule has 0 amide bonds. The van der Waals surface area contributed by atoms with Crippen LogP contribution >= 0.6 is 0 Å². The fourth-order valence-corrected chi connectivity index (χ4v) is 4.31. The van der Waals surface area contributed by atoms with E-state index >= 15 is 0 Å². The summed E-state index contributed by atoms with van der Waals surface area (Å²) in [7, 11) is 0. The first-order valence-electron chi connectivity index (χ1n) is 10.8. The first kappa shape index (κ1) is 19.7. The van der Waals surface area contributed by atoms with Gasteiger partial charge in [0.15, 0.2) is 0 Å². The van der Waals surface area contributed by atoms with Gasteiger partial charge in [-0.1, -0.05) is 36.4 Å². The van der Waals surface area contributed by atoms with E-state index in [9.17, 15) is 0 Å². The molecular formula is C25H31N3O. The van der Waals surface area contributed by atoms with E-state index in [1.165, 1.54) is 42.8 Å². The second-order valence-corrected chi connectivity index (χ2v) is 7.83. The Balaban J connectivity index is 1.47. The van der Waals surface area contributed by atoms with Crippen LogP contribution in [0.15, 0.2) is 61.2 Å². The van der Waals surface area contributed by atoms with E-state index in [1.807, 2.05) is 18.2 Å². The van der Waals surface area contributed by atoms with Crippen molar-refractivity contribution in [3.8, 4) is 5.75 Å². The molecule has 0 spiro atoms. The maximum Gasteiger partial charge on any atom is 0.127 e. The average Bonchev–Trinajstić information content (AvgIpc) is 3.40. The minimum Gasteiger partial charge on any atom is -0.493 e. The normalized spacial score (nSPS) is 15.6. The molecule has 0 bridgehead atoms. The van der Waals surface area contributed by atoms with Gasteiger partial charge in [-0.3, -0.25) is 4.90 Å². The molecule has 0 radical (unpaired) electrons. The molecule has 1 aromatic heterocycles. The van der Waals surface area contributed by atoms with Gasteiger partial charge in [0.1, 0.15) is 11.6 Å². The summed E-state index contributed by atoms with van der Waals surface area (Å²) in [6.07, 6.45) is 6.29. The van der Waals surface area contributed by atoms with Gasteiger partial charge in [-0.15, -0.1) is 6.58 Å². The molecule has 152 valence electrons. The van der Waals surface area contributed by atoms with E-state index in [-0.39, 0.29) is 0 Å². The van der Waals surface area contributed by atoms with Crippen molar-refractivity contribution in [3.63, 3.8) is 0 Å². The zero-order chi connectivity index (χ0) is 20.1. The minimum absolute atomic E-state index is 0.346. The van der Waals surface area contributed by atoms with E-state index in [0.29, 0.717) is 12.6 Å². The zero-order valence-corrected chi connectivity index (χ0v) is 17.4. The highest BCUT2D eigenvalue weighted by Gasteiger charge is 2.24. The maximum atomic E-state index is 6.11. The highest BCUT2D eigenvalue weighted by molar-refractivity contribution is 5.76. The first-order chi connectivity index (χ1) is 14.3. The van der Waals surface area contributed by atoms with Gasteiger partial charge < -0.3 is 9.30 Å². The molecule has 2 heterocycles. The van der Waals surface area contributed by atoms with Gasteiger partial charge in [0.2, 0.25) is 0 Å². The molecule has 1 fully saturated rings. The van der Waals surface area contributed by atoms with Crippen LogP contribution in [0.3, 0.4) is 0 Å². The lowest BCUT2D eigenvalue weighted by molar-refractivity contribution is 0.245. The molecule has 29 heavy (non-hydrogen) atoms. The fraction of sp³-hybridized carbons (Fsp3) is 0.400. The standard InChI is InChI=1S/C25H31N3O/c1-3-11-21-12-4-7-15-24(21)29-19-10-18-28-23-14-6-5-13-22(23)26-25(28)20(2)27-16-8-9-17-27/h3-7,12-15,20H,1,8-11,16-19H2,2H3. The third-order valence-corrected chi connectivity index (χ3v) is 5.87. The lowest BCUT2D eigenvalue weighted by Gasteiger charge is -2.24. The van der Waals surface area contributed by atoms with Crippen LogP contribution in [-0.2, 0) is 13.0 Å². The van der Waals surface area contributed by atoms with E-state index in [0.717, 1.165) is 30.7 Å². The monoisotopic (exact) mass is 389 g/mol. The van der Waals surface area contributed by atoms with Gasteiger partial charge >= 0.3 is 0 Å². The number of hydrogen-bond acceptors (Lipinski definition) is 3. The van der Waals surface area contributed by atoms with Gasteiger partial charge in [-0.05, 0) is 69.5 Å². The number of likely N-dealkylation sites (tertiary alicyclic amines) is 1. The SMILES string of the molecule is C=CCc1ccccc1OCCCn1c(C(C)N2CCCC2)nc2ccccc21. The molecule has 1 unspecified atom stereocenters. The van der Waals surface area contributed by atoms with Gasteiger partial charge in [-0.2, -0.15) is 0 Å². The Morgan fingerprint density at radius 1 is 1.10 bits per heavy atom. The van der Waals surface area contributed by atoms with Crippen LogP contribution in [-0.4, -0.2) is 34.1 Å². The topological polar surface area (TPSA) is 30.3 Å². The van der Waals surface area contributed by atoms with Crippen molar-refractivity contribution in [3.05, 3.63) is 72.6 Å². The second kappa shape index (κ2) is 9.27. The number of benzene rings is 2. The van der Waals surface area contributed by atoms with Gasteiger partial charge in [0.05, 0.1) is 23.7 Å². The molecule has 0 aliphatic carbocycles. The predicted molar refractivity (Wildman–Crippen MR) is 119 cm³/mol. The zero-order valence-electron chi connectivity index (χ0n) is 17.4. The number of aromatic nitrogens is 2. The fourth-order valence-electron chi connectivity index (χ4n) is 4.31. The molecule has 1 aliphatic heterocycles. The number of hydrogen-bond donors (Lipinski definition) is 0. The van der Waals surface area contributed by atoms with Crippen molar-refractivity contribution >= 4 is 11.0 Å². The quantitative estimate of drug-likeness (QED) is 0.363. The molecule has 2 aromatic carbocycles. The summed E-state index contributed by atoms with van der Waals surface area (Å²) >= 11 is 0. The van der Waals surface area contributed by atoms with Crippen LogP contribution in [0.4, 0.5) is 0 Å². The molecule has 4 heteroatoms. The number of rotatable bonds is 9. The van der Waals surface area contributed by atoms with Crippen LogP contribution in [0.5, 0.6) is 5.75 Å². The Kier molecular flexibility index (Phi) is 6.30. The van der Waals surface area contributed by atoms with E-state index in [2.05, 4.69) is 59.4 Å². The second-order valence-electron chi connectivity index (χ2n) is 7.83. The lowest BCUT2D eigenvalue weighted by atomic mass is 10.1. The summed E-state index contributed by atoms with van der Waals surface area (Å²) in [4.78, 5) is 7.56. The van der Waals surface area contributed by atoms with Crippen LogP contribution in [0, 0.1) is 0 Å². The number of nitrogens with zero attached hydrogens (tertiary/aromatic N) is 3. The number of fused-ring (bicyclic) bond motifs is 1. The number of para-hydroxylation sites is 3. The number of imidazole rings is 1. The molecule has 0 saturated carbocycles. The maximum absolute atomic E-state index is 6.11. The van der Waals surface area contributed by atoms with E-state index < -0.39 is 0 Å². The highest BCUT2D eigenvalue weighted by atomic mass is 16.5. The van der Waals surface area contributed by atoms with Gasteiger partial charge in [0, 0.05) is 6.54 Å². The number of allylic oxidation sites excluding steroid dienone is 1. The lowest BCUT2D eigenvalue weighted by Crippen LogP contribution is -2.26. The molecule has 3 aromatic rings. The Hall–Kier alpha value is -2.59. The van der Waals surface area contributed by atoms with Gasteiger partial charge in [0.25, 0.3) is 0 Å². The van der Waals surface area contributed by atoms with Crippen LogP contribution in [0.1, 0.15) is 43.6 Å². The smallest absolute Gasteiger partial charge is 0.127 e. The first-order valence-corrected chi connectivity index (χ1v) is 10.8. The minimum atomic E-state index is 0.346. The van der Waals surface area contributed by atoms with Crippen molar-refractivity contribution in [2.75, 3.05) is 19.7 Å². The summed E-state index contributed by atoms with van der Waals surface area (Å²) < 4.78 is 8.51. The summed E-state index contributed by atoms with van der Waals surface area (Å²) in [6, 6.07) is 17.1. The van der Waals surface area contributed by atoms with E-state index in [1.54, 1.807) is 0 Å². The Morgan fingerprint density at radius 2 is 1.86 bits per heavy atom. The van der Waals surface area contributed by atoms with Gasteiger partial charge in [-0.25, -0.2) is 4.98 Å². The molecule has 1 saturated heterocycles. The summed E-state index contributed by atoms with van der Waals surface area (Å²) in [5.74, 6) is 2.15. The Bertz CT molecular complexity index is 956. The summed E-state index contributed by atoms with van der Waals surface area (Å²) in [5.41, 5.74) is 3.50. The molecule has 4 nitrogen and oxygen atoms in total. The highest BCUT2D eigenvalue weighted by Crippen LogP contribution is 2.28. The van der Waals surface area contributed by atoms with Crippen LogP contribution in [0.2, 0.25) is 0 Å². The van der Waals surface area contributed by atoms with Crippen molar-refractivity contribution in [2.45, 2.75) is 45.2 Å². The third kappa shape index (κ3) is 4.38. The molecule has 1 atom stereocenters. The summed E-state index contributed by atoms with van der Waals surface area (Å²) in [6.45, 7) is 10.1. The average molecular weight is 390 g/mol. The predicted octanol–water partition coefficient (Wildman–Crippen LogP) is 5.39. The van der Waals surface area contributed by atoms with Crippen LogP contribution < -0.4 is 4.74 Å². The Labute approximate surface area is 173 Å². The Morgan fingerprint density at radius 3 is 2.69 bits per heavy atom. The van der Waals surface area contributed by atoms with Crippen molar-refractivity contribution in [1.29, 1.82) is 0 Å². The van der Waals surface area contributed by atoms with Crippen molar-refractivity contribution in [1.82, 2.24) is 14.5 Å². The van der Waals surface area contributed by atoms with Crippen molar-refractivity contribution < 1.29 is 4.74 Å². The number of ether oxygens (including phenoxy) is 1. The summed E-state index contributed by atoms with van der Waals surface area (Å²) in [5, 5.41) is 0. The largest absolute Gasteiger partial charge is 0.493 e. The molecular weight excluding hydrogens is 358 g/mol. The molecule has 1 aliphatic rings. The molecule has 0 N–H and O–H groups in total. The third-order valence-electron chi connectivity index (χ3n) is 5.87.